The van der Waals surface area contributed by atoms with Gasteiger partial charge >= 0.3 is 0 Å². The van der Waals surface area contributed by atoms with Crippen molar-refractivity contribution in [2.75, 3.05) is 19.6 Å². The molecule has 0 amide bonds. The van der Waals surface area contributed by atoms with E-state index in [4.69, 9.17) is 0 Å². The van der Waals surface area contributed by atoms with Gasteiger partial charge in [-0.15, -0.1) is 11.3 Å². The molecule has 2 saturated heterocycles. The van der Waals surface area contributed by atoms with Gasteiger partial charge in [0.05, 0.1) is 0 Å². The van der Waals surface area contributed by atoms with E-state index in [1.807, 2.05) is 11.3 Å². The molecule has 94 valence electrons. The molecule has 3 heterocycles. The number of thiophene rings is 1. The SMILES string of the molecule is CCC(NC1CCN2CCC1C2)c1cccs1. The molecule has 0 radical (unpaired) electrons. The minimum atomic E-state index is 0.576. The van der Waals surface area contributed by atoms with Gasteiger partial charge in [0, 0.05) is 23.5 Å². The highest BCUT2D eigenvalue weighted by Gasteiger charge is 2.35. The van der Waals surface area contributed by atoms with E-state index < -0.39 is 0 Å². The topological polar surface area (TPSA) is 15.3 Å². The fraction of sp³-hybridized carbons (Fsp3) is 0.714. The number of hydrogen-bond donors (Lipinski definition) is 1. The maximum Gasteiger partial charge on any atom is 0.0414 e. The molecule has 3 rings (SSSR count). The quantitative estimate of drug-likeness (QED) is 0.884. The fourth-order valence-electron chi connectivity index (χ4n) is 3.32. The molecule has 1 aromatic rings. The van der Waals surface area contributed by atoms with Crippen molar-refractivity contribution >= 4 is 11.3 Å². The summed E-state index contributed by atoms with van der Waals surface area (Å²) < 4.78 is 0. The molecule has 0 saturated carbocycles. The third-order valence-electron chi connectivity index (χ3n) is 4.34. The van der Waals surface area contributed by atoms with Crippen LogP contribution in [-0.2, 0) is 0 Å². The number of piperidine rings is 1. The van der Waals surface area contributed by atoms with Crippen LogP contribution in [-0.4, -0.2) is 30.6 Å². The molecule has 2 nitrogen and oxygen atoms in total. The first kappa shape index (κ1) is 11.7. The third kappa shape index (κ3) is 2.42. The Morgan fingerprint density at radius 3 is 3.12 bits per heavy atom. The van der Waals surface area contributed by atoms with Gasteiger partial charge in [-0.2, -0.15) is 0 Å². The van der Waals surface area contributed by atoms with Crippen molar-refractivity contribution in [3.8, 4) is 0 Å². The van der Waals surface area contributed by atoms with E-state index in [-0.39, 0.29) is 0 Å². The van der Waals surface area contributed by atoms with E-state index in [1.54, 1.807) is 0 Å². The molecular weight excluding hydrogens is 228 g/mol. The summed E-state index contributed by atoms with van der Waals surface area (Å²) in [6.45, 7) is 6.26. The first-order valence-corrected chi connectivity index (χ1v) is 7.76. The van der Waals surface area contributed by atoms with Crippen LogP contribution in [0, 0.1) is 5.92 Å². The van der Waals surface area contributed by atoms with Crippen molar-refractivity contribution in [3.05, 3.63) is 22.4 Å². The van der Waals surface area contributed by atoms with E-state index in [9.17, 15) is 0 Å². The average Bonchev–Trinajstić information content (AvgIpc) is 2.99. The molecule has 3 heteroatoms. The molecule has 1 aromatic heterocycles. The van der Waals surface area contributed by atoms with E-state index in [0.29, 0.717) is 6.04 Å². The summed E-state index contributed by atoms with van der Waals surface area (Å²) in [6, 6.07) is 5.77. The van der Waals surface area contributed by atoms with Crippen LogP contribution in [0.2, 0.25) is 0 Å². The van der Waals surface area contributed by atoms with Crippen LogP contribution < -0.4 is 5.32 Å². The Hall–Kier alpha value is -0.380. The van der Waals surface area contributed by atoms with Crippen LogP contribution in [0.5, 0.6) is 0 Å². The Morgan fingerprint density at radius 2 is 2.35 bits per heavy atom. The Morgan fingerprint density at radius 1 is 1.47 bits per heavy atom. The summed E-state index contributed by atoms with van der Waals surface area (Å²) >= 11 is 1.89. The van der Waals surface area contributed by atoms with Crippen molar-refractivity contribution in [2.45, 2.75) is 38.3 Å². The average molecular weight is 250 g/mol. The predicted octanol–water partition coefficient (Wildman–Crippen LogP) is 2.88. The van der Waals surface area contributed by atoms with Crippen LogP contribution in [0.3, 0.4) is 0 Å². The smallest absolute Gasteiger partial charge is 0.0414 e. The summed E-state index contributed by atoms with van der Waals surface area (Å²) in [4.78, 5) is 4.13. The maximum atomic E-state index is 3.92. The summed E-state index contributed by atoms with van der Waals surface area (Å²) in [7, 11) is 0. The highest BCUT2D eigenvalue weighted by atomic mass is 32.1. The Bertz CT molecular complexity index is 349. The zero-order chi connectivity index (χ0) is 11.7. The fourth-order valence-corrected chi connectivity index (χ4v) is 4.19. The molecule has 2 fully saturated rings. The van der Waals surface area contributed by atoms with E-state index in [1.165, 1.54) is 43.8 Å². The van der Waals surface area contributed by atoms with Crippen molar-refractivity contribution in [3.63, 3.8) is 0 Å². The number of rotatable bonds is 4. The molecule has 1 N–H and O–H groups in total. The molecule has 0 spiro atoms. The molecule has 4 atom stereocenters. The van der Waals surface area contributed by atoms with E-state index >= 15 is 0 Å². The third-order valence-corrected chi connectivity index (χ3v) is 5.33. The lowest BCUT2D eigenvalue weighted by molar-refractivity contribution is 0.209. The van der Waals surface area contributed by atoms with Crippen LogP contribution in [0.1, 0.15) is 37.1 Å². The van der Waals surface area contributed by atoms with Gasteiger partial charge in [-0.3, -0.25) is 0 Å². The van der Waals surface area contributed by atoms with Crippen molar-refractivity contribution < 1.29 is 0 Å². The lowest BCUT2D eigenvalue weighted by atomic mass is 9.93. The number of nitrogens with zero attached hydrogens (tertiary/aromatic N) is 1. The Labute approximate surface area is 108 Å². The van der Waals surface area contributed by atoms with Crippen molar-refractivity contribution in [1.29, 1.82) is 0 Å². The lowest BCUT2D eigenvalue weighted by Gasteiger charge is -2.33. The highest BCUT2D eigenvalue weighted by Crippen LogP contribution is 2.30. The standard InChI is InChI=1S/C14H22N2S/c1-2-12(14-4-3-9-17-14)15-13-6-8-16-7-5-11(13)10-16/h3-4,9,11-13,15H,2,5-8,10H2,1H3. The van der Waals surface area contributed by atoms with E-state index in [2.05, 4.69) is 34.7 Å². The summed E-state index contributed by atoms with van der Waals surface area (Å²) in [5.41, 5.74) is 0. The second-order valence-corrected chi connectivity index (χ2v) is 6.37. The molecule has 17 heavy (non-hydrogen) atoms. The van der Waals surface area contributed by atoms with Gasteiger partial charge in [0.25, 0.3) is 0 Å². The predicted molar refractivity (Wildman–Crippen MR) is 73.4 cm³/mol. The molecular formula is C14H22N2S. The summed E-state index contributed by atoms with van der Waals surface area (Å²) in [6.07, 6.45) is 3.94. The van der Waals surface area contributed by atoms with Gasteiger partial charge in [0.1, 0.15) is 0 Å². The second kappa shape index (κ2) is 5.09. The van der Waals surface area contributed by atoms with Crippen LogP contribution >= 0.6 is 11.3 Å². The maximum absolute atomic E-state index is 3.92. The summed E-state index contributed by atoms with van der Waals surface area (Å²) in [5, 5.41) is 6.11. The largest absolute Gasteiger partial charge is 0.306 e. The van der Waals surface area contributed by atoms with Crippen LogP contribution in [0.15, 0.2) is 17.5 Å². The van der Waals surface area contributed by atoms with Crippen LogP contribution in [0.4, 0.5) is 0 Å². The van der Waals surface area contributed by atoms with Gasteiger partial charge < -0.3 is 10.2 Å². The van der Waals surface area contributed by atoms with Gasteiger partial charge in [-0.25, -0.2) is 0 Å². The monoisotopic (exact) mass is 250 g/mol. The van der Waals surface area contributed by atoms with Gasteiger partial charge in [-0.1, -0.05) is 13.0 Å². The zero-order valence-corrected chi connectivity index (χ0v) is 11.4. The molecule has 4 unspecified atom stereocenters. The van der Waals surface area contributed by atoms with Gasteiger partial charge in [0.2, 0.25) is 0 Å². The Kier molecular flexibility index (Phi) is 3.50. The van der Waals surface area contributed by atoms with Gasteiger partial charge in [0.15, 0.2) is 0 Å². The highest BCUT2D eigenvalue weighted by molar-refractivity contribution is 7.10. The molecule has 2 bridgehead atoms. The van der Waals surface area contributed by atoms with E-state index in [0.717, 1.165) is 12.0 Å². The first-order chi connectivity index (χ1) is 8.36. The molecule has 0 aliphatic carbocycles. The first-order valence-electron chi connectivity index (χ1n) is 6.88. The van der Waals surface area contributed by atoms with Crippen molar-refractivity contribution in [2.24, 2.45) is 5.92 Å². The molecule has 2 aliphatic rings. The van der Waals surface area contributed by atoms with Crippen molar-refractivity contribution in [1.82, 2.24) is 10.2 Å². The number of hydrogen-bond acceptors (Lipinski definition) is 3. The minimum absolute atomic E-state index is 0.576. The minimum Gasteiger partial charge on any atom is -0.306 e. The molecule has 2 aliphatic heterocycles. The van der Waals surface area contributed by atoms with Crippen LogP contribution in [0.25, 0.3) is 0 Å². The number of fused-ring (bicyclic) bond motifs is 2. The summed E-state index contributed by atoms with van der Waals surface area (Å²) in [5.74, 6) is 0.901. The lowest BCUT2D eigenvalue weighted by Crippen LogP contribution is -2.44. The zero-order valence-electron chi connectivity index (χ0n) is 10.6. The van der Waals surface area contributed by atoms with Gasteiger partial charge in [-0.05, 0) is 49.7 Å². The Balaban J connectivity index is 1.65. The second-order valence-electron chi connectivity index (χ2n) is 5.39. The normalized spacial score (nSPS) is 33.8. The molecule has 0 aromatic carbocycles. The number of nitrogens with one attached hydrogen (secondary N) is 1.